The molecule has 0 spiro atoms. The first-order valence-electron chi connectivity index (χ1n) is 4.40. The van der Waals surface area contributed by atoms with Crippen LogP contribution in [-0.4, -0.2) is 18.1 Å². The molecular weight excluding hydrogens is 180 g/mol. The van der Waals surface area contributed by atoms with E-state index >= 15 is 0 Å². The number of aromatic nitrogens is 1. The van der Waals surface area contributed by atoms with Gasteiger partial charge in [-0.2, -0.15) is 4.98 Å². The summed E-state index contributed by atoms with van der Waals surface area (Å²) in [5.74, 6) is 0. The number of oxazole rings is 1. The summed E-state index contributed by atoms with van der Waals surface area (Å²) in [5, 5.41) is 2.95. The Kier molecular flexibility index (Phi) is 2.24. The Balaban J connectivity index is 2.36. The summed E-state index contributed by atoms with van der Waals surface area (Å²) < 4.78 is 5.39. The molecular formula is C9H12N4O. The van der Waals surface area contributed by atoms with Gasteiger partial charge in [0.05, 0.1) is 5.69 Å². The van der Waals surface area contributed by atoms with Crippen molar-refractivity contribution in [2.24, 2.45) is 5.73 Å². The maximum Gasteiger partial charge on any atom is 0.295 e. The predicted octanol–water partition coefficient (Wildman–Crippen LogP) is 0.781. The molecule has 2 aromatic rings. The number of hydrogen-bond donors (Lipinski definition) is 3. The third kappa shape index (κ3) is 1.49. The third-order valence-corrected chi connectivity index (χ3v) is 1.87. The van der Waals surface area contributed by atoms with E-state index in [1.165, 1.54) is 0 Å². The Morgan fingerprint density at radius 3 is 3.00 bits per heavy atom. The van der Waals surface area contributed by atoms with Gasteiger partial charge >= 0.3 is 0 Å². The van der Waals surface area contributed by atoms with Gasteiger partial charge in [-0.25, -0.2) is 0 Å². The van der Waals surface area contributed by atoms with E-state index in [9.17, 15) is 0 Å². The molecule has 0 unspecified atom stereocenters. The van der Waals surface area contributed by atoms with Gasteiger partial charge in [0.2, 0.25) is 0 Å². The topological polar surface area (TPSA) is 90.1 Å². The van der Waals surface area contributed by atoms with Gasteiger partial charge in [-0.05, 0) is 12.1 Å². The summed E-state index contributed by atoms with van der Waals surface area (Å²) in [7, 11) is 0. The monoisotopic (exact) mass is 192 g/mol. The molecule has 1 aromatic heterocycles. The Morgan fingerprint density at radius 1 is 1.43 bits per heavy atom. The molecule has 5 N–H and O–H groups in total. The van der Waals surface area contributed by atoms with Crippen molar-refractivity contribution < 1.29 is 4.42 Å². The highest BCUT2D eigenvalue weighted by Crippen LogP contribution is 2.23. The van der Waals surface area contributed by atoms with Crippen LogP contribution in [0.3, 0.4) is 0 Å². The van der Waals surface area contributed by atoms with E-state index in [4.69, 9.17) is 15.9 Å². The van der Waals surface area contributed by atoms with Gasteiger partial charge < -0.3 is 21.2 Å². The molecule has 0 fully saturated rings. The van der Waals surface area contributed by atoms with E-state index in [1.54, 1.807) is 6.07 Å². The molecule has 2 rings (SSSR count). The normalized spacial score (nSPS) is 10.6. The predicted molar refractivity (Wildman–Crippen MR) is 56.0 cm³/mol. The van der Waals surface area contributed by atoms with Crippen molar-refractivity contribution in [1.82, 2.24) is 4.98 Å². The molecule has 0 aliphatic carbocycles. The van der Waals surface area contributed by atoms with Crippen LogP contribution in [-0.2, 0) is 0 Å². The zero-order valence-corrected chi connectivity index (χ0v) is 7.66. The Labute approximate surface area is 81.1 Å². The average Bonchev–Trinajstić information content (AvgIpc) is 2.59. The Morgan fingerprint density at radius 2 is 2.29 bits per heavy atom. The SMILES string of the molecule is NCCNc1nc2c(N)cccc2o1. The zero-order chi connectivity index (χ0) is 9.97. The van der Waals surface area contributed by atoms with Crippen molar-refractivity contribution >= 4 is 22.8 Å². The Hall–Kier alpha value is -1.75. The summed E-state index contributed by atoms with van der Waals surface area (Å²) in [5.41, 5.74) is 13.1. The van der Waals surface area contributed by atoms with Crippen molar-refractivity contribution in [1.29, 1.82) is 0 Å². The van der Waals surface area contributed by atoms with Crippen LogP contribution in [0.2, 0.25) is 0 Å². The fraction of sp³-hybridized carbons (Fsp3) is 0.222. The number of para-hydroxylation sites is 1. The van der Waals surface area contributed by atoms with E-state index in [0.717, 1.165) is 0 Å². The number of fused-ring (bicyclic) bond motifs is 1. The lowest BCUT2D eigenvalue weighted by Crippen LogP contribution is -2.13. The lowest BCUT2D eigenvalue weighted by Gasteiger charge is -1.95. The summed E-state index contributed by atoms with van der Waals surface area (Å²) in [6.07, 6.45) is 0. The van der Waals surface area contributed by atoms with Gasteiger partial charge in [0.15, 0.2) is 5.58 Å². The molecule has 0 saturated heterocycles. The molecule has 1 heterocycles. The van der Waals surface area contributed by atoms with E-state index < -0.39 is 0 Å². The van der Waals surface area contributed by atoms with Crippen LogP contribution in [0.4, 0.5) is 11.7 Å². The molecule has 0 bridgehead atoms. The van der Waals surface area contributed by atoms with Crippen LogP contribution in [0.15, 0.2) is 22.6 Å². The maximum absolute atomic E-state index is 5.72. The third-order valence-electron chi connectivity index (χ3n) is 1.87. The molecule has 0 aliphatic heterocycles. The summed E-state index contributed by atoms with van der Waals surface area (Å²) in [6.45, 7) is 1.17. The van der Waals surface area contributed by atoms with Crippen LogP contribution in [0.25, 0.3) is 11.1 Å². The van der Waals surface area contributed by atoms with Crippen LogP contribution < -0.4 is 16.8 Å². The fourth-order valence-electron chi connectivity index (χ4n) is 1.22. The van der Waals surface area contributed by atoms with Crippen molar-refractivity contribution in [2.45, 2.75) is 0 Å². The smallest absolute Gasteiger partial charge is 0.295 e. The molecule has 5 heteroatoms. The molecule has 5 nitrogen and oxygen atoms in total. The van der Waals surface area contributed by atoms with Crippen molar-refractivity contribution in [2.75, 3.05) is 24.1 Å². The minimum atomic E-state index is 0.461. The number of rotatable bonds is 3. The first-order chi connectivity index (χ1) is 6.81. The van der Waals surface area contributed by atoms with Crippen LogP contribution in [0.5, 0.6) is 0 Å². The van der Waals surface area contributed by atoms with E-state index in [0.29, 0.717) is 35.9 Å². The number of benzene rings is 1. The largest absolute Gasteiger partial charge is 0.423 e. The summed E-state index contributed by atoms with van der Waals surface area (Å²) >= 11 is 0. The number of nitrogen functional groups attached to an aromatic ring is 1. The highest BCUT2D eigenvalue weighted by molar-refractivity contribution is 5.86. The van der Waals surface area contributed by atoms with E-state index in [-0.39, 0.29) is 0 Å². The molecule has 1 aromatic carbocycles. The number of hydrogen-bond acceptors (Lipinski definition) is 5. The van der Waals surface area contributed by atoms with Gasteiger partial charge in [0.1, 0.15) is 5.52 Å². The molecule has 0 saturated carbocycles. The summed E-state index contributed by atoms with van der Waals surface area (Å²) in [6, 6.07) is 5.91. The Bertz CT molecular complexity index is 437. The zero-order valence-electron chi connectivity index (χ0n) is 7.66. The molecule has 0 atom stereocenters. The summed E-state index contributed by atoms with van der Waals surface area (Å²) in [4.78, 5) is 4.19. The standard InChI is InChI=1S/C9H12N4O/c10-4-5-12-9-13-8-6(11)2-1-3-7(8)14-9/h1-3H,4-5,10-11H2,(H,12,13). The maximum atomic E-state index is 5.72. The first-order valence-corrected chi connectivity index (χ1v) is 4.40. The van der Waals surface area contributed by atoms with Crippen LogP contribution in [0, 0.1) is 0 Å². The first kappa shape index (κ1) is 8.83. The number of anilines is 2. The van der Waals surface area contributed by atoms with E-state index in [2.05, 4.69) is 10.3 Å². The highest BCUT2D eigenvalue weighted by atomic mass is 16.4. The number of nitrogens with zero attached hydrogens (tertiary/aromatic N) is 1. The van der Waals surface area contributed by atoms with Crippen LogP contribution >= 0.6 is 0 Å². The second kappa shape index (κ2) is 3.55. The van der Waals surface area contributed by atoms with E-state index in [1.807, 2.05) is 12.1 Å². The van der Waals surface area contributed by atoms with Crippen molar-refractivity contribution in [3.8, 4) is 0 Å². The van der Waals surface area contributed by atoms with Crippen LogP contribution in [0.1, 0.15) is 0 Å². The second-order valence-corrected chi connectivity index (χ2v) is 2.93. The molecule has 0 aliphatic rings. The fourth-order valence-corrected chi connectivity index (χ4v) is 1.22. The molecule has 74 valence electrons. The van der Waals surface area contributed by atoms with Gasteiger partial charge in [-0.15, -0.1) is 0 Å². The molecule has 0 radical (unpaired) electrons. The molecule has 0 amide bonds. The highest BCUT2D eigenvalue weighted by Gasteiger charge is 2.06. The van der Waals surface area contributed by atoms with Gasteiger partial charge in [0, 0.05) is 13.1 Å². The van der Waals surface area contributed by atoms with Gasteiger partial charge in [0.25, 0.3) is 6.01 Å². The second-order valence-electron chi connectivity index (χ2n) is 2.93. The van der Waals surface area contributed by atoms with Gasteiger partial charge in [-0.1, -0.05) is 6.07 Å². The number of nitrogens with two attached hydrogens (primary N) is 2. The minimum absolute atomic E-state index is 0.461. The minimum Gasteiger partial charge on any atom is -0.423 e. The average molecular weight is 192 g/mol. The lowest BCUT2D eigenvalue weighted by molar-refractivity contribution is 0.615. The quantitative estimate of drug-likeness (QED) is 0.625. The number of nitrogens with one attached hydrogen (secondary N) is 1. The van der Waals surface area contributed by atoms with Gasteiger partial charge in [-0.3, -0.25) is 0 Å². The molecule has 14 heavy (non-hydrogen) atoms. The van der Waals surface area contributed by atoms with Crippen molar-refractivity contribution in [3.63, 3.8) is 0 Å². The van der Waals surface area contributed by atoms with Crippen molar-refractivity contribution in [3.05, 3.63) is 18.2 Å². The lowest BCUT2D eigenvalue weighted by atomic mass is 10.3.